The first-order valence-corrected chi connectivity index (χ1v) is 20.6. The summed E-state index contributed by atoms with van der Waals surface area (Å²) >= 11 is 0. The number of fused-ring (bicyclic) bond motifs is 2. The number of anilines is 2. The Hall–Kier alpha value is -6.49. The fourth-order valence-corrected chi connectivity index (χ4v) is 7.49. The number of alkyl carbamates (subject to hydrolysis) is 2. The Morgan fingerprint density at radius 2 is 1.03 bits per heavy atom. The third kappa shape index (κ3) is 11.5. The first kappa shape index (κ1) is 46.0. The van der Waals surface area contributed by atoms with Crippen molar-refractivity contribution in [3.8, 4) is 34.3 Å². The second-order valence-corrected chi connectivity index (χ2v) is 15.2. The molecule has 8 rings (SSSR count). The van der Waals surface area contributed by atoms with Gasteiger partial charge in [0, 0.05) is 51.2 Å². The number of carbonyl (C=O) groups is 2. The molecule has 4 heterocycles. The molecular formula is C46H53ClN8O8. The number of rotatable bonds is 12. The fraction of sp³-hybridized carbons (Fsp3) is 0.348. The van der Waals surface area contributed by atoms with Crippen molar-refractivity contribution in [2.45, 2.75) is 38.8 Å². The minimum atomic E-state index is -0.443. The second kappa shape index (κ2) is 21.5. The van der Waals surface area contributed by atoms with E-state index in [-0.39, 0.29) is 49.2 Å². The second-order valence-electron chi connectivity index (χ2n) is 15.2. The summed E-state index contributed by atoms with van der Waals surface area (Å²) in [5.74, 6) is 2.81. The van der Waals surface area contributed by atoms with E-state index >= 15 is 0 Å². The monoisotopic (exact) mass is 880 g/mol. The predicted molar refractivity (Wildman–Crippen MR) is 244 cm³/mol. The molecule has 2 aromatic heterocycles. The number of ether oxygens (including phenoxy) is 4. The highest BCUT2D eigenvalue weighted by molar-refractivity contribution is 5.93. The summed E-state index contributed by atoms with van der Waals surface area (Å²) in [7, 11) is 3.13. The topological polar surface area (TPSA) is 194 Å². The van der Waals surface area contributed by atoms with Gasteiger partial charge < -0.3 is 49.6 Å². The molecule has 2 atom stereocenters. The smallest absolute Gasteiger partial charge is 0.407 e. The predicted octanol–water partition coefficient (Wildman–Crippen LogP) is 6.95. The van der Waals surface area contributed by atoms with Gasteiger partial charge in [-0.1, -0.05) is 36.4 Å². The lowest BCUT2D eigenvalue weighted by molar-refractivity contribution is 0.0965. The number of amides is 2. The first-order valence-electron chi connectivity index (χ1n) is 20.6. The molecule has 0 spiro atoms. The van der Waals surface area contributed by atoms with E-state index in [4.69, 9.17) is 38.9 Å². The van der Waals surface area contributed by atoms with E-state index in [0.29, 0.717) is 49.1 Å². The Balaban J connectivity index is 0.000000206. The zero-order valence-corrected chi connectivity index (χ0v) is 36.6. The molecule has 0 bridgehead atoms. The lowest BCUT2D eigenvalue weighted by atomic mass is 10.1. The van der Waals surface area contributed by atoms with Gasteiger partial charge in [0.15, 0.2) is 11.6 Å². The molecule has 2 aliphatic heterocycles. The number of aryl methyl sites for hydroxylation is 2. The van der Waals surface area contributed by atoms with Gasteiger partial charge in [-0.05, 0) is 86.3 Å². The number of phenols is 2. The number of carbonyl (C=O) groups excluding carboxylic acids is 2. The summed E-state index contributed by atoms with van der Waals surface area (Å²) in [6.07, 6.45) is 0.676. The molecule has 0 unspecified atom stereocenters. The van der Waals surface area contributed by atoms with Crippen LogP contribution in [-0.4, -0.2) is 121 Å². The van der Waals surface area contributed by atoms with E-state index in [1.165, 1.54) is 0 Å². The SMILES string of the molecule is COCCOC(=O)N[C@@H]1CCN(c2nc(-c3ccccc3O)nc3cc(C)ccc23)C1.COCCOC(=O)N[C@@H]1CCN(c2nc(-c3ccccc3O)nc3cc(C)ccc23)C1.Cl. The van der Waals surface area contributed by atoms with Crippen molar-refractivity contribution < 1.29 is 38.7 Å². The summed E-state index contributed by atoms with van der Waals surface area (Å²) in [6.45, 7) is 7.91. The van der Waals surface area contributed by atoms with Crippen molar-refractivity contribution in [1.29, 1.82) is 0 Å². The van der Waals surface area contributed by atoms with Gasteiger partial charge in [0.2, 0.25) is 0 Å². The van der Waals surface area contributed by atoms with Gasteiger partial charge in [-0.2, -0.15) is 0 Å². The molecule has 16 nitrogen and oxygen atoms in total. The molecule has 6 aromatic rings. The van der Waals surface area contributed by atoms with Crippen LogP contribution in [0.3, 0.4) is 0 Å². The van der Waals surface area contributed by atoms with Crippen LogP contribution in [0.5, 0.6) is 11.5 Å². The number of halogens is 1. The first-order chi connectivity index (χ1) is 30.1. The standard InChI is InChI=1S/2C23H26N4O4.ClH/c2*1-15-7-8-17-19(13-15)25-21(18-5-3-4-6-20(18)28)26-22(17)27-10-9-16(14-27)24-23(29)31-12-11-30-2;/h2*3-8,13,16,28H,9-12,14H2,1-2H3,(H,24,29);1H/t2*16-;/m11./s1. The average molecular weight is 881 g/mol. The zero-order valence-electron chi connectivity index (χ0n) is 35.7. The Morgan fingerprint density at radius 3 is 1.43 bits per heavy atom. The maximum atomic E-state index is 12.0. The number of para-hydroxylation sites is 2. The van der Waals surface area contributed by atoms with Crippen molar-refractivity contribution in [2.24, 2.45) is 0 Å². The Labute approximate surface area is 372 Å². The van der Waals surface area contributed by atoms with Crippen LogP contribution < -0.4 is 20.4 Å². The maximum absolute atomic E-state index is 12.0. The largest absolute Gasteiger partial charge is 0.507 e. The lowest BCUT2D eigenvalue weighted by Crippen LogP contribution is -2.38. The molecule has 63 heavy (non-hydrogen) atoms. The quantitative estimate of drug-likeness (QED) is 0.0923. The number of hydrogen-bond donors (Lipinski definition) is 4. The number of aromatic hydroxyl groups is 2. The van der Waals surface area contributed by atoms with Gasteiger partial charge in [-0.3, -0.25) is 0 Å². The fourth-order valence-electron chi connectivity index (χ4n) is 7.49. The van der Waals surface area contributed by atoms with Crippen molar-refractivity contribution in [2.75, 3.05) is 76.6 Å². The van der Waals surface area contributed by atoms with Crippen LogP contribution in [0.15, 0.2) is 84.9 Å². The van der Waals surface area contributed by atoms with E-state index in [0.717, 1.165) is 70.5 Å². The van der Waals surface area contributed by atoms with Crippen molar-refractivity contribution in [1.82, 2.24) is 30.6 Å². The minimum Gasteiger partial charge on any atom is -0.507 e. The summed E-state index contributed by atoms with van der Waals surface area (Å²) in [6, 6.07) is 26.2. The van der Waals surface area contributed by atoms with Crippen molar-refractivity contribution in [3.63, 3.8) is 0 Å². The Morgan fingerprint density at radius 1 is 0.619 bits per heavy atom. The molecule has 0 aliphatic carbocycles. The van der Waals surface area contributed by atoms with Crippen LogP contribution >= 0.6 is 12.4 Å². The number of aromatic nitrogens is 4. The number of hydrogen-bond acceptors (Lipinski definition) is 14. The van der Waals surface area contributed by atoms with Gasteiger partial charge in [-0.25, -0.2) is 29.5 Å². The third-order valence-corrected chi connectivity index (χ3v) is 10.6. The summed E-state index contributed by atoms with van der Waals surface area (Å²) in [5.41, 5.74) is 5.00. The van der Waals surface area contributed by atoms with Crippen LogP contribution in [0.1, 0.15) is 24.0 Å². The number of nitrogens with one attached hydrogen (secondary N) is 2. The lowest BCUT2D eigenvalue weighted by Gasteiger charge is -2.21. The highest BCUT2D eigenvalue weighted by Gasteiger charge is 2.29. The van der Waals surface area contributed by atoms with E-state index in [1.54, 1.807) is 50.6 Å². The molecule has 2 aliphatic rings. The molecule has 4 N–H and O–H groups in total. The van der Waals surface area contributed by atoms with Crippen molar-refractivity contribution in [3.05, 3.63) is 96.1 Å². The van der Waals surface area contributed by atoms with Gasteiger partial charge >= 0.3 is 12.2 Å². The highest BCUT2D eigenvalue weighted by Crippen LogP contribution is 2.35. The van der Waals surface area contributed by atoms with Gasteiger partial charge in [0.05, 0.1) is 47.5 Å². The maximum Gasteiger partial charge on any atom is 0.407 e. The summed E-state index contributed by atoms with van der Waals surface area (Å²) in [4.78, 5) is 47.3. The minimum absolute atomic E-state index is 0. The summed E-state index contributed by atoms with van der Waals surface area (Å²) < 4.78 is 20.0. The molecular weight excluding hydrogens is 828 g/mol. The van der Waals surface area contributed by atoms with Crippen LogP contribution in [0, 0.1) is 13.8 Å². The molecule has 4 aromatic carbocycles. The Kier molecular flexibility index (Phi) is 15.7. The van der Waals surface area contributed by atoms with Crippen LogP contribution in [0.4, 0.5) is 21.2 Å². The Bertz CT molecular complexity index is 2360. The zero-order chi connectivity index (χ0) is 43.6. The van der Waals surface area contributed by atoms with Crippen LogP contribution in [0.2, 0.25) is 0 Å². The molecule has 332 valence electrons. The third-order valence-electron chi connectivity index (χ3n) is 10.6. The normalized spacial score (nSPS) is 15.7. The average Bonchev–Trinajstić information content (AvgIpc) is 3.93. The van der Waals surface area contributed by atoms with Crippen LogP contribution in [-0.2, 0) is 18.9 Å². The van der Waals surface area contributed by atoms with Gasteiger partial charge in [-0.15, -0.1) is 12.4 Å². The number of benzene rings is 4. The van der Waals surface area contributed by atoms with E-state index in [2.05, 4.69) is 20.4 Å². The van der Waals surface area contributed by atoms with E-state index in [9.17, 15) is 19.8 Å². The van der Waals surface area contributed by atoms with Gasteiger partial charge in [0.25, 0.3) is 0 Å². The molecule has 17 heteroatoms. The van der Waals surface area contributed by atoms with E-state index in [1.807, 2.05) is 62.4 Å². The number of methoxy groups -OCH3 is 2. The number of nitrogens with zero attached hydrogens (tertiary/aromatic N) is 6. The van der Waals surface area contributed by atoms with Crippen molar-refractivity contribution >= 4 is 58.0 Å². The van der Waals surface area contributed by atoms with E-state index < -0.39 is 12.2 Å². The van der Waals surface area contributed by atoms with Gasteiger partial charge in [0.1, 0.15) is 36.3 Å². The molecule has 2 saturated heterocycles. The van der Waals surface area contributed by atoms with Crippen LogP contribution in [0.25, 0.3) is 44.6 Å². The molecule has 2 amide bonds. The molecule has 0 radical (unpaired) electrons. The molecule has 0 saturated carbocycles. The number of phenolic OH excluding ortho intramolecular Hbond substituents is 2. The molecule has 2 fully saturated rings. The highest BCUT2D eigenvalue weighted by atomic mass is 35.5. The summed E-state index contributed by atoms with van der Waals surface area (Å²) in [5, 5.41) is 28.3.